The van der Waals surface area contributed by atoms with E-state index in [9.17, 15) is 18.8 Å². The van der Waals surface area contributed by atoms with E-state index >= 15 is 0 Å². The number of hydrogen-bond acceptors (Lipinski definition) is 6. The summed E-state index contributed by atoms with van der Waals surface area (Å²) in [5, 5.41) is 12.5. The lowest BCUT2D eigenvalue weighted by Crippen LogP contribution is -2.22. The summed E-state index contributed by atoms with van der Waals surface area (Å²) in [6.07, 6.45) is 4.75. The SMILES string of the molecule is N#Cc1c(N)ncnc1NCCc1c(-c2cccc(F)c2)c(=O)n2cc(F)ccc2c1C1CC1. The number of nitrogens with one attached hydrogen (secondary N) is 1. The fourth-order valence-electron chi connectivity index (χ4n) is 4.38. The molecule has 0 aliphatic heterocycles. The average molecular weight is 458 g/mol. The van der Waals surface area contributed by atoms with Crippen molar-refractivity contribution in [3.05, 3.63) is 87.6 Å². The zero-order valence-corrected chi connectivity index (χ0v) is 18.1. The van der Waals surface area contributed by atoms with Crippen LogP contribution in [0.4, 0.5) is 20.4 Å². The number of nitrogens with zero attached hydrogens (tertiary/aromatic N) is 4. The summed E-state index contributed by atoms with van der Waals surface area (Å²) in [5.74, 6) is -0.387. The Kier molecular flexibility index (Phi) is 5.42. The van der Waals surface area contributed by atoms with Crippen LogP contribution in [0.3, 0.4) is 0 Å². The van der Waals surface area contributed by atoms with Gasteiger partial charge in [-0.15, -0.1) is 0 Å². The van der Waals surface area contributed by atoms with E-state index in [0.29, 0.717) is 35.4 Å². The fourth-order valence-corrected chi connectivity index (χ4v) is 4.38. The first kappa shape index (κ1) is 21.5. The number of benzene rings is 1. The lowest BCUT2D eigenvalue weighted by molar-refractivity contribution is 0.617. The van der Waals surface area contributed by atoms with E-state index in [0.717, 1.165) is 24.0 Å². The zero-order chi connectivity index (χ0) is 23.8. The molecule has 3 N–H and O–H groups in total. The van der Waals surface area contributed by atoms with Crippen LogP contribution in [0.25, 0.3) is 16.6 Å². The second-order valence-corrected chi connectivity index (χ2v) is 8.23. The molecule has 5 rings (SSSR count). The Bertz CT molecular complexity index is 1520. The molecule has 1 saturated carbocycles. The van der Waals surface area contributed by atoms with E-state index in [1.807, 2.05) is 6.07 Å². The van der Waals surface area contributed by atoms with Crippen molar-refractivity contribution in [3.63, 3.8) is 0 Å². The van der Waals surface area contributed by atoms with Crippen LogP contribution in [0.5, 0.6) is 0 Å². The average Bonchev–Trinajstić information content (AvgIpc) is 3.65. The van der Waals surface area contributed by atoms with Crippen molar-refractivity contribution in [1.29, 1.82) is 5.26 Å². The molecule has 7 nitrogen and oxygen atoms in total. The molecule has 1 fully saturated rings. The van der Waals surface area contributed by atoms with Gasteiger partial charge in [-0.3, -0.25) is 9.20 Å². The molecular formula is C25H20F2N6O. The van der Waals surface area contributed by atoms with Crippen molar-refractivity contribution < 1.29 is 8.78 Å². The monoisotopic (exact) mass is 458 g/mol. The van der Waals surface area contributed by atoms with Gasteiger partial charge >= 0.3 is 0 Å². The molecule has 34 heavy (non-hydrogen) atoms. The molecule has 170 valence electrons. The highest BCUT2D eigenvalue weighted by Gasteiger charge is 2.31. The van der Waals surface area contributed by atoms with Gasteiger partial charge in [0, 0.05) is 12.7 Å². The molecule has 1 aliphatic rings. The number of nitriles is 1. The van der Waals surface area contributed by atoms with Crippen LogP contribution in [-0.4, -0.2) is 20.9 Å². The van der Waals surface area contributed by atoms with Gasteiger partial charge in [0.1, 0.15) is 41.2 Å². The second kappa shape index (κ2) is 8.56. The summed E-state index contributed by atoms with van der Waals surface area (Å²) in [6.45, 7) is 0.337. The number of fused-ring (bicyclic) bond motifs is 1. The van der Waals surface area contributed by atoms with Crippen LogP contribution in [0, 0.1) is 23.0 Å². The smallest absolute Gasteiger partial charge is 0.263 e. The van der Waals surface area contributed by atoms with Crippen LogP contribution in [0.1, 0.15) is 35.4 Å². The van der Waals surface area contributed by atoms with Gasteiger partial charge in [0.15, 0.2) is 0 Å². The van der Waals surface area contributed by atoms with E-state index in [1.165, 1.54) is 35.1 Å². The van der Waals surface area contributed by atoms with Gasteiger partial charge in [-0.25, -0.2) is 18.7 Å². The quantitative estimate of drug-likeness (QED) is 0.452. The van der Waals surface area contributed by atoms with E-state index < -0.39 is 17.2 Å². The summed E-state index contributed by atoms with van der Waals surface area (Å²) in [5.41, 5.74) is 8.66. The minimum Gasteiger partial charge on any atom is -0.382 e. The fraction of sp³-hybridized carbons (Fsp3) is 0.200. The highest BCUT2D eigenvalue weighted by molar-refractivity contribution is 5.75. The minimum atomic E-state index is -0.527. The molecule has 0 atom stereocenters. The van der Waals surface area contributed by atoms with Gasteiger partial charge in [0.2, 0.25) is 0 Å². The number of rotatable bonds is 6. The van der Waals surface area contributed by atoms with E-state index in [4.69, 9.17) is 5.73 Å². The Morgan fingerprint density at radius 1 is 1.18 bits per heavy atom. The van der Waals surface area contributed by atoms with Crippen LogP contribution < -0.4 is 16.6 Å². The normalized spacial score (nSPS) is 13.1. The van der Waals surface area contributed by atoms with E-state index in [-0.39, 0.29) is 17.3 Å². The summed E-state index contributed by atoms with van der Waals surface area (Å²) in [4.78, 5) is 21.5. The molecule has 9 heteroatoms. The zero-order valence-electron chi connectivity index (χ0n) is 18.1. The van der Waals surface area contributed by atoms with Crippen molar-refractivity contribution in [2.45, 2.75) is 25.2 Å². The van der Waals surface area contributed by atoms with Crippen molar-refractivity contribution >= 4 is 17.2 Å². The summed E-state index contributed by atoms with van der Waals surface area (Å²) >= 11 is 0. The van der Waals surface area contributed by atoms with Gasteiger partial charge in [-0.05, 0) is 66.1 Å². The maximum atomic E-state index is 14.1. The molecule has 0 unspecified atom stereocenters. The Morgan fingerprint density at radius 2 is 2.00 bits per heavy atom. The number of halogens is 2. The van der Waals surface area contributed by atoms with Crippen molar-refractivity contribution in [3.8, 4) is 17.2 Å². The highest BCUT2D eigenvalue weighted by atomic mass is 19.1. The molecule has 0 radical (unpaired) electrons. The number of pyridine rings is 2. The third kappa shape index (κ3) is 3.83. The molecule has 4 aromatic rings. The molecule has 1 aliphatic carbocycles. The van der Waals surface area contributed by atoms with Crippen molar-refractivity contribution in [2.75, 3.05) is 17.6 Å². The molecule has 1 aromatic carbocycles. The molecule has 0 amide bonds. The van der Waals surface area contributed by atoms with Crippen LogP contribution in [0.15, 0.2) is 53.7 Å². The number of hydrogen-bond donors (Lipinski definition) is 2. The lowest BCUT2D eigenvalue weighted by Gasteiger charge is -2.19. The molecule has 0 saturated heterocycles. The first-order valence-corrected chi connectivity index (χ1v) is 10.8. The largest absolute Gasteiger partial charge is 0.382 e. The van der Waals surface area contributed by atoms with Crippen LogP contribution >= 0.6 is 0 Å². The highest BCUT2D eigenvalue weighted by Crippen LogP contribution is 2.45. The predicted octanol–water partition coefficient (Wildman–Crippen LogP) is 4.02. The topological polar surface area (TPSA) is 109 Å². The molecule has 0 spiro atoms. The van der Waals surface area contributed by atoms with Crippen LogP contribution in [-0.2, 0) is 6.42 Å². The molecule has 3 heterocycles. The Labute approximate surface area is 193 Å². The lowest BCUT2D eigenvalue weighted by atomic mass is 9.91. The van der Waals surface area contributed by atoms with Gasteiger partial charge < -0.3 is 11.1 Å². The van der Waals surface area contributed by atoms with Gasteiger partial charge in [-0.1, -0.05) is 12.1 Å². The summed E-state index contributed by atoms with van der Waals surface area (Å²) in [6, 6.07) is 10.8. The second-order valence-electron chi connectivity index (χ2n) is 8.23. The Hall–Kier alpha value is -4.32. The van der Waals surface area contributed by atoms with Gasteiger partial charge in [-0.2, -0.15) is 5.26 Å². The van der Waals surface area contributed by atoms with E-state index in [2.05, 4.69) is 15.3 Å². The van der Waals surface area contributed by atoms with Crippen molar-refractivity contribution in [2.24, 2.45) is 0 Å². The molecule has 3 aromatic heterocycles. The van der Waals surface area contributed by atoms with Gasteiger partial charge in [0.25, 0.3) is 5.56 Å². The minimum absolute atomic E-state index is 0.0742. The first-order chi connectivity index (χ1) is 16.5. The first-order valence-electron chi connectivity index (χ1n) is 10.8. The maximum Gasteiger partial charge on any atom is 0.263 e. The Morgan fingerprint density at radius 3 is 2.74 bits per heavy atom. The third-order valence-corrected chi connectivity index (χ3v) is 6.00. The number of anilines is 2. The molecule has 0 bridgehead atoms. The van der Waals surface area contributed by atoms with Gasteiger partial charge in [0.05, 0.1) is 11.1 Å². The summed E-state index contributed by atoms with van der Waals surface area (Å²) in [7, 11) is 0. The number of aromatic nitrogens is 3. The van der Waals surface area contributed by atoms with E-state index in [1.54, 1.807) is 18.2 Å². The van der Waals surface area contributed by atoms with Crippen LogP contribution in [0.2, 0.25) is 0 Å². The molecular weight excluding hydrogens is 438 g/mol. The maximum absolute atomic E-state index is 14.1. The summed E-state index contributed by atoms with van der Waals surface area (Å²) < 4.78 is 29.5. The third-order valence-electron chi connectivity index (χ3n) is 6.00. The Balaban J connectivity index is 1.65. The number of nitrogen functional groups attached to an aromatic ring is 1. The number of nitrogens with two attached hydrogens (primary N) is 1. The predicted molar refractivity (Wildman–Crippen MR) is 124 cm³/mol. The standard InChI is InChI=1S/C25H20F2N6O/c26-16-3-1-2-15(10-16)22-18(8-9-30-24-19(11-28)23(29)31-13-32-24)21(14-4-5-14)20-7-6-17(27)12-33(20)25(22)34/h1-3,6-7,10,12-14H,4-5,8-9H2,(H3,29,30,31,32). The van der Waals surface area contributed by atoms with Crippen molar-refractivity contribution in [1.82, 2.24) is 14.4 Å².